The van der Waals surface area contributed by atoms with Gasteiger partial charge < -0.3 is 4.98 Å². The van der Waals surface area contributed by atoms with E-state index in [-0.39, 0.29) is 5.82 Å². The van der Waals surface area contributed by atoms with Crippen molar-refractivity contribution < 1.29 is 4.39 Å². The monoisotopic (exact) mass is 316 g/mol. The van der Waals surface area contributed by atoms with E-state index in [2.05, 4.69) is 23.2 Å². The number of halogens is 1. The molecule has 3 heteroatoms. The first kappa shape index (κ1) is 13.7. The molecule has 118 valence electrons. The quantitative estimate of drug-likeness (QED) is 0.500. The third-order valence-corrected chi connectivity index (χ3v) is 5.10. The van der Waals surface area contributed by atoms with Crippen molar-refractivity contribution in [3.8, 4) is 11.3 Å². The van der Waals surface area contributed by atoms with Crippen molar-refractivity contribution in [3.63, 3.8) is 0 Å². The standard InChI is InChI=1S/C21H17FN2/c22-14-5-3-4-13(12-14)21-16-7-2-1-6-15(16)20-17-10-11-23-18(17)8-9-19(20)24-21/h3-5,8-12,23H,1-2,6-7H2. The number of fused-ring (bicyclic) bond motifs is 5. The Bertz CT molecular complexity index is 1080. The SMILES string of the molecule is Fc1cccc(-c2nc3ccc4[nH]ccc4c3c3c2CCCC3)c1. The number of hydrogen-bond acceptors (Lipinski definition) is 1. The number of aromatic nitrogens is 2. The molecular weight excluding hydrogens is 299 g/mol. The number of nitrogens with one attached hydrogen (secondary N) is 1. The minimum Gasteiger partial charge on any atom is -0.361 e. The summed E-state index contributed by atoms with van der Waals surface area (Å²) in [6.07, 6.45) is 6.45. The fraction of sp³-hybridized carbons (Fsp3) is 0.190. The first-order valence-electron chi connectivity index (χ1n) is 8.49. The van der Waals surface area contributed by atoms with Gasteiger partial charge in [-0.25, -0.2) is 9.37 Å². The van der Waals surface area contributed by atoms with Crippen LogP contribution >= 0.6 is 0 Å². The summed E-state index contributed by atoms with van der Waals surface area (Å²) in [6.45, 7) is 0. The Morgan fingerprint density at radius 1 is 0.958 bits per heavy atom. The van der Waals surface area contributed by atoms with Crippen LogP contribution in [0.3, 0.4) is 0 Å². The van der Waals surface area contributed by atoms with E-state index in [1.165, 1.54) is 40.8 Å². The van der Waals surface area contributed by atoms with Crippen LogP contribution in [0, 0.1) is 5.82 Å². The first-order chi connectivity index (χ1) is 11.8. The van der Waals surface area contributed by atoms with Crippen LogP contribution in [0.2, 0.25) is 0 Å². The average molecular weight is 316 g/mol. The smallest absolute Gasteiger partial charge is 0.123 e. The zero-order chi connectivity index (χ0) is 16.1. The van der Waals surface area contributed by atoms with E-state index in [4.69, 9.17) is 4.98 Å². The second-order valence-corrected chi connectivity index (χ2v) is 6.53. The third-order valence-electron chi connectivity index (χ3n) is 5.10. The summed E-state index contributed by atoms with van der Waals surface area (Å²) in [6, 6.07) is 13.1. The molecule has 0 atom stereocenters. The Balaban J connectivity index is 1.90. The Morgan fingerprint density at radius 3 is 2.71 bits per heavy atom. The van der Waals surface area contributed by atoms with Gasteiger partial charge in [0.1, 0.15) is 5.82 Å². The predicted octanol–water partition coefficient (Wildman–Crippen LogP) is 5.40. The summed E-state index contributed by atoms with van der Waals surface area (Å²) in [7, 11) is 0. The molecule has 0 saturated heterocycles. The highest BCUT2D eigenvalue weighted by molar-refractivity contribution is 6.08. The molecule has 1 aliphatic carbocycles. The van der Waals surface area contributed by atoms with E-state index >= 15 is 0 Å². The summed E-state index contributed by atoms with van der Waals surface area (Å²) in [4.78, 5) is 8.24. The van der Waals surface area contributed by atoms with Crippen molar-refractivity contribution in [1.29, 1.82) is 0 Å². The highest BCUT2D eigenvalue weighted by atomic mass is 19.1. The largest absolute Gasteiger partial charge is 0.361 e. The average Bonchev–Trinajstić information content (AvgIpc) is 3.09. The van der Waals surface area contributed by atoms with Crippen molar-refractivity contribution in [1.82, 2.24) is 9.97 Å². The summed E-state index contributed by atoms with van der Waals surface area (Å²) >= 11 is 0. The number of rotatable bonds is 1. The Kier molecular flexibility index (Phi) is 2.96. The molecule has 1 aliphatic rings. The summed E-state index contributed by atoms with van der Waals surface area (Å²) in [5.74, 6) is -0.208. The van der Waals surface area contributed by atoms with Gasteiger partial charge in [-0.15, -0.1) is 0 Å². The van der Waals surface area contributed by atoms with Crippen LogP contribution in [0.5, 0.6) is 0 Å². The number of hydrogen-bond donors (Lipinski definition) is 1. The van der Waals surface area contributed by atoms with E-state index in [1.54, 1.807) is 12.1 Å². The van der Waals surface area contributed by atoms with Crippen molar-refractivity contribution >= 4 is 21.8 Å². The number of benzene rings is 2. The minimum atomic E-state index is -0.208. The molecule has 5 rings (SSSR count). The molecule has 0 aliphatic heterocycles. The molecule has 4 aromatic rings. The van der Waals surface area contributed by atoms with E-state index < -0.39 is 0 Å². The molecule has 2 aromatic heterocycles. The maximum Gasteiger partial charge on any atom is 0.123 e. The number of pyridine rings is 1. The van der Waals surface area contributed by atoms with Gasteiger partial charge in [-0.1, -0.05) is 12.1 Å². The Morgan fingerprint density at radius 2 is 1.83 bits per heavy atom. The lowest BCUT2D eigenvalue weighted by Crippen LogP contribution is -2.08. The maximum atomic E-state index is 13.7. The molecule has 0 fully saturated rings. The van der Waals surface area contributed by atoms with E-state index in [0.717, 1.165) is 35.1 Å². The lowest BCUT2D eigenvalue weighted by Gasteiger charge is -2.22. The zero-order valence-electron chi connectivity index (χ0n) is 13.3. The van der Waals surface area contributed by atoms with Gasteiger partial charge in [0.25, 0.3) is 0 Å². The van der Waals surface area contributed by atoms with Crippen LogP contribution in [0.25, 0.3) is 33.1 Å². The maximum absolute atomic E-state index is 13.7. The second-order valence-electron chi connectivity index (χ2n) is 6.53. The molecule has 0 radical (unpaired) electrons. The molecule has 24 heavy (non-hydrogen) atoms. The number of H-pyrrole nitrogens is 1. The van der Waals surface area contributed by atoms with Gasteiger partial charge in [-0.05, 0) is 67.1 Å². The fourth-order valence-electron chi connectivity index (χ4n) is 4.04. The summed E-state index contributed by atoms with van der Waals surface area (Å²) < 4.78 is 13.7. The summed E-state index contributed by atoms with van der Waals surface area (Å²) in [5.41, 5.74) is 6.68. The lowest BCUT2D eigenvalue weighted by molar-refractivity contribution is 0.628. The molecule has 2 nitrogen and oxygen atoms in total. The van der Waals surface area contributed by atoms with Crippen LogP contribution in [-0.4, -0.2) is 9.97 Å². The molecule has 0 spiro atoms. The van der Waals surface area contributed by atoms with Crippen LogP contribution in [0.1, 0.15) is 24.0 Å². The van der Waals surface area contributed by atoms with Crippen molar-refractivity contribution in [3.05, 3.63) is 65.6 Å². The topological polar surface area (TPSA) is 28.7 Å². The van der Waals surface area contributed by atoms with E-state index in [9.17, 15) is 4.39 Å². The van der Waals surface area contributed by atoms with Gasteiger partial charge in [0.15, 0.2) is 0 Å². The van der Waals surface area contributed by atoms with Crippen LogP contribution < -0.4 is 0 Å². The van der Waals surface area contributed by atoms with Gasteiger partial charge in [-0.2, -0.15) is 0 Å². The lowest BCUT2D eigenvalue weighted by atomic mass is 9.85. The highest BCUT2D eigenvalue weighted by Gasteiger charge is 2.20. The normalized spacial score (nSPS) is 14.2. The number of aryl methyl sites for hydroxylation is 1. The van der Waals surface area contributed by atoms with Crippen LogP contribution in [0.15, 0.2) is 48.7 Å². The van der Waals surface area contributed by atoms with Crippen LogP contribution in [0.4, 0.5) is 4.39 Å². The minimum absolute atomic E-state index is 0.208. The second kappa shape index (κ2) is 5.17. The molecule has 2 aromatic carbocycles. The molecule has 2 heterocycles. The summed E-state index contributed by atoms with van der Waals surface area (Å²) in [5, 5.41) is 2.51. The fourth-order valence-corrected chi connectivity index (χ4v) is 4.04. The highest BCUT2D eigenvalue weighted by Crippen LogP contribution is 2.37. The van der Waals surface area contributed by atoms with Crippen molar-refractivity contribution in [2.45, 2.75) is 25.7 Å². The first-order valence-corrected chi connectivity index (χ1v) is 8.49. The molecular formula is C21H17FN2. The number of aromatic amines is 1. The van der Waals surface area contributed by atoms with Gasteiger partial charge >= 0.3 is 0 Å². The third kappa shape index (κ3) is 1.97. The Hall–Kier alpha value is -2.68. The van der Waals surface area contributed by atoms with Crippen LogP contribution in [-0.2, 0) is 12.8 Å². The molecule has 1 N–H and O–H groups in total. The molecule has 0 unspecified atom stereocenters. The van der Waals surface area contributed by atoms with E-state index in [1.807, 2.05) is 12.3 Å². The van der Waals surface area contributed by atoms with Gasteiger partial charge in [0, 0.05) is 28.0 Å². The number of nitrogens with zero attached hydrogens (tertiary/aromatic N) is 1. The zero-order valence-corrected chi connectivity index (χ0v) is 13.3. The predicted molar refractivity (Wildman–Crippen MR) is 95.6 cm³/mol. The molecule has 0 saturated carbocycles. The van der Waals surface area contributed by atoms with Gasteiger partial charge in [-0.3, -0.25) is 0 Å². The molecule has 0 bridgehead atoms. The van der Waals surface area contributed by atoms with Crippen molar-refractivity contribution in [2.24, 2.45) is 0 Å². The Labute approximate surface area is 139 Å². The van der Waals surface area contributed by atoms with Gasteiger partial charge in [0.2, 0.25) is 0 Å². The van der Waals surface area contributed by atoms with Crippen molar-refractivity contribution in [2.75, 3.05) is 0 Å². The van der Waals surface area contributed by atoms with E-state index in [0.29, 0.717) is 0 Å². The van der Waals surface area contributed by atoms with Gasteiger partial charge in [0.05, 0.1) is 11.2 Å². The molecule has 0 amide bonds.